The van der Waals surface area contributed by atoms with Gasteiger partial charge in [0, 0.05) is 18.1 Å². The molecule has 0 N–H and O–H groups in total. The van der Waals surface area contributed by atoms with Gasteiger partial charge < -0.3 is 0 Å². The molecule has 0 saturated carbocycles. The minimum atomic E-state index is -0.628. The highest BCUT2D eigenvalue weighted by molar-refractivity contribution is 5.96. The first kappa shape index (κ1) is 12.4. The summed E-state index contributed by atoms with van der Waals surface area (Å²) in [6.45, 7) is 1.77. The molecule has 1 nitrogen and oxygen atoms in total. The van der Waals surface area contributed by atoms with Crippen LogP contribution in [0.5, 0.6) is 0 Å². The van der Waals surface area contributed by atoms with Crippen molar-refractivity contribution >= 4 is 5.78 Å². The highest BCUT2D eigenvalue weighted by Gasteiger charge is 2.07. The Balaban J connectivity index is 2.47. The maximum absolute atomic E-state index is 13.1. The van der Waals surface area contributed by atoms with Crippen LogP contribution in [-0.4, -0.2) is 5.78 Å². The van der Waals surface area contributed by atoms with Gasteiger partial charge >= 0.3 is 0 Å². The molecule has 0 spiro atoms. The second kappa shape index (κ2) is 5.08. The van der Waals surface area contributed by atoms with Crippen LogP contribution in [0.25, 0.3) is 11.1 Å². The maximum Gasteiger partial charge on any atom is 0.162 e. The van der Waals surface area contributed by atoms with E-state index in [1.807, 2.05) is 0 Å². The molecule has 0 atom stereocenters. The van der Waals surface area contributed by atoms with Gasteiger partial charge in [0.05, 0.1) is 0 Å². The van der Waals surface area contributed by atoms with Crippen LogP contribution in [0, 0.1) is 11.6 Å². The molecule has 0 saturated heterocycles. The van der Waals surface area contributed by atoms with Crippen LogP contribution >= 0.6 is 0 Å². The second-order valence-corrected chi connectivity index (χ2v) is 4.02. The van der Waals surface area contributed by atoms with Crippen molar-refractivity contribution in [2.24, 2.45) is 0 Å². The quantitative estimate of drug-likeness (QED) is 0.741. The molecule has 0 aliphatic carbocycles. The first-order valence-corrected chi connectivity index (χ1v) is 5.70. The van der Waals surface area contributed by atoms with E-state index in [9.17, 15) is 13.6 Å². The topological polar surface area (TPSA) is 17.1 Å². The molecule has 3 heteroatoms. The standard InChI is InChI=1S/C15H12F2O/c1-2-15(18)11-5-3-4-10(6-11)12-7-13(16)9-14(17)8-12/h3-9H,2H2,1H3. The number of hydrogen-bond acceptors (Lipinski definition) is 1. The molecule has 0 aliphatic rings. The largest absolute Gasteiger partial charge is 0.294 e. The van der Waals surface area contributed by atoms with E-state index in [4.69, 9.17) is 0 Å². The third-order valence-electron chi connectivity index (χ3n) is 2.70. The molecule has 92 valence electrons. The zero-order valence-electron chi connectivity index (χ0n) is 9.91. The average Bonchev–Trinajstić information content (AvgIpc) is 2.37. The summed E-state index contributed by atoms with van der Waals surface area (Å²) >= 11 is 0. The molecule has 18 heavy (non-hydrogen) atoms. The van der Waals surface area contributed by atoms with E-state index in [0.717, 1.165) is 6.07 Å². The van der Waals surface area contributed by atoms with Gasteiger partial charge in [-0.3, -0.25) is 4.79 Å². The van der Waals surface area contributed by atoms with Crippen molar-refractivity contribution < 1.29 is 13.6 Å². The van der Waals surface area contributed by atoms with Crippen LogP contribution in [0.3, 0.4) is 0 Å². The van der Waals surface area contributed by atoms with Crippen molar-refractivity contribution in [3.63, 3.8) is 0 Å². The van der Waals surface area contributed by atoms with Crippen molar-refractivity contribution in [3.05, 3.63) is 59.7 Å². The Labute approximate surface area is 104 Å². The Morgan fingerprint density at radius 3 is 2.28 bits per heavy atom. The number of rotatable bonds is 3. The van der Waals surface area contributed by atoms with Gasteiger partial charge in [-0.25, -0.2) is 8.78 Å². The Morgan fingerprint density at radius 1 is 1.00 bits per heavy atom. The van der Waals surface area contributed by atoms with E-state index in [1.165, 1.54) is 12.1 Å². The van der Waals surface area contributed by atoms with Gasteiger partial charge in [-0.05, 0) is 29.3 Å². The predicted molar refractivity (Wildman–Crippen MR) is 66.4 cm³/mol. The summed E-state index contributed by atoms with van der Waals surface area (Å²) in [4.78, 5) is 11.6. The highest BCUT2D eigenvalue weighted by Crippen LogP contribution is 2.23. The fraction of sp³-hybridized carbons (Fsp3) is 0.133. The Morgan fingerprint density at radius 2 is 1.67 bits per heavy atom. The second-order valence-electron chi connectivity index (χ2n) is 4.02. The molecule has 2 aromatic carbocycles. The lowest BCUT2D eigenvalue weighted by Crippen LogP contribution is -1.96. The summed E-state index contributed by atoms with van der Waals surface area (Å²) < 4.78 is 26.3. The molecule has 0 radical (unpaired) electrons. The maximum atomic E-state index is 13.1. The molecule has 2 rings (SSSR count). The summed E-state index contributed by atoms with van der Waals surface area (Å²) in [5.41, 5.74) is 1.62. The third-order valence-corrected chi connectivity index (χ3v) is 2.70. The van der Waals surface area contributed by atoms with Gasteiger partial charge in [0.15, 0.2) is 5.78 Å². The van der Waals surface area contributed by atoms with Crippen molar-refractivity contribution in [3.8, 4) is 11.1 Å². The minimum absolute atomic E-state index is 0.00808. The normalized spacial score (nSPS) is 10.4. The van der Waals surface area contributed by atoms with Gasteiger partial charge in [-0.15, -0.1) is 0 Å². The average molecular weight is 246 g/mol. The van der Waals surface area contributed by atoms with E-state index < -0.39 is 11.6 Å². The number of halogens is 2. The summed E-state index contributed by atoms with van der Waals surface area (Å²) in [5, 5.41) is 0. The van der Waals surface area contributed by atoms with Crippen LogP contribution in [0.1, 0.15) is 23.7 Å². The minimum Gasteiger partial charge on any atom is -0.294 e. The summed E-state index contributed by atoms with van der Waals surface area (Å²) in [6.07, 6.45) is 0.404. The number of carbonyl (C=O) groups excluding carboxylic acids is 1. The van der Waals surface area contributed by atoms with Gasteiger partial charge in [0.25, 0.3) is 0 Å². The van der Waals surface area contributed by atoms with Gasteiger partial charge in [-0.1, -0.05) is 25.1 Å². The Hall–Kier alpha value is -2.03. The molecule has 0 amide bonds. The first-order valence-electron chi connectivity index (χ1n) is 5.70. The zero-order valence-corrected chi connectivity index (χ0v) is 9.91. The number of Topliss-reactive ketones (excluding diaryl/α,β-unsaturated/α-hetero) is 1. The molecule has 0 fully saturated rings. The van der Waals surface area contributed by atoms with E-state index in [2.05, 4.69) is 0 Å². The van der Waals surface area contributed by atoms with Gasteiger partial charge in [0.2, 0.25) is 0 Å². The van der Waals surface area contributed by atoms with E-state index >= 15 is 0 Å². The third kappa shape index (κ3) is 2.62. The van der Waals surface area contributed by atoms with Crippen molar-refractivity contribution in [2.45, 2.75) is 13.3 Å². The number of ketones is 1. The van der Waals surface area contributed by atoms with Gasteiger partial charge in [0.1, 0.15) is 11.6 Å². The van der Waals surface area contributed by atoms with E-state index in [1.54, 1.807) is 31.2 Å². The van der Waals surface area contributed by atoms with Crippen LogP contribution in [-0.2, 0) is 0 Å². The number of benzene rings is 2. The van der Waals surface area contributed by atoms with Crippen LogP contribution < -0.4 is 0 Å². The lowest BCUT2D eigenvalue weighted by Gasteiger charge is -2.05. The van der Waals surface area contributed by atoms with Crippen molar-refractivity contribution in [2.75, 3.05) is 0 Å². The Bertz CT molecular complexity index is 571. The molecule has 0 unspecified atom stereocenters. The molecule has 0 aliphatic heterocycles. The van der Waals surface area contributed by atoms with E-state index in [-0.39, 0.29) is 5.78 Å². The fourth-order valence-electron chi connectivity index (χ4n) is 1.80. The fourth-order valence-corrected chi connectivity index (χ4v) is 1.80. The smallest absolute Gasteiger partial charge is 0.162 e. The Kier molecular flexibility index (Phi) is 3.51. The first-order chi connectivity index (χ1) is 8.60. The van der Waals surface area contributed by atoms with Gasteiger partial charge in [-0.2, -0.15) is 0 Å². The van der Waals surface area contributed by atoms with E-state index in [0.29, 0.717) is 23.1 Å². The SMILES string of the molecule is CCC(=O)c1cccc(-c2cc(F)cc(F)c2)c1. The van der Waals surface area contributed by atoms with Crippen LogP contribution in [0.15, 0.2) is 42.5 Å². The summed E-state index contributed by atoms with van der Waals surface area (Å²) in [5.74, 6) is -1.25. The highest BCUT2D eigenvalue weighted by atomic mass is 19.1. The number of carbonyl (C=O) groups is 1. The molecule has 0 bridgehead atoms. The predicted octanol–water partition coefficient (Wildman–Crippen LogP) is 4.22. The molecule has 2 aromatic rings. The summed E-state index contributed by atoms with van der Waals surface area (Å²) in [7, 11) is 0. The van der Waals surface area contributed by atoms with Crippen molar-refractivity contribution in [1.82, 2.24) is 0 Å². The zero-order chi connectivity index (χ0) is 13.1. The number of hydrogen-bond donors (Lipinski definition) is 0. The molecular formula is C15H12F2O. The van der Waals surface area contributed by atoms with Crippen LogP contribution in [0.2, 0.25) is 0 Å². The monoisotopic (exact) mass is 246 g/mol. The van der Waals surface area contributed by atoms with Crippen LogP contribution in [0.4, 0.5) is 8.78 Å². The molecule has 0 heterocycles. The summed E-state index contributed by atoms with van der Waals surface area (Å²) in [6, 6.07) is 10.1. The lowest BCUT2D eigenvalue weighted by molar-refractivity contribution is 0.0988. The molecular weight excluding hydrogens is 234 g/mol. The lowest BCUT2D eigenvalue weighted by atomic mass is 10.0. The van der Waals surface area contributed by atoms with Crippen molar-refractivity contribution in [1.29, 1.82) is 0 Å². The molecule has 0 aromatic heterocycles.